The van der Waals surface area contributed by atoms with Crippen LogP contribution in [0.3, 0.4) is 0 Å². The van der Waals surface area contributed by atoms with Gasteiger partial charge in [-0.25, -0.2) is 8.42 Å². The molecule has 1 atom stereocenters. The van der Waals surface area contributed by atoms with Crippen molar-refractivity contribution in [3.05, 3.63) is 29.6 Å². The average Bonchev–Trinajstić information content (AvgIpc) is 2.18. The molecule has 17 heavy (non-hydrogen) atoms. The van der Waals surface area contributed by atoms with Gasteiger partial charge in [0.2, 0.25) is 5.91 Å². The number of aromatic nitrogens is 1. The summed E-state index contributed by atoms with van der Waals surface area (Å²) in [5, 5.41) is 0. The van der Waals surface area contributed by atoms with Crippen molar-refractivity contribution in [1.29, 1.82) is 0 Å². The number of primary amides is 1. The number of carbonyl (C=O) groups excluding carboxylic acids is 1. The van der Waals surface area contributed by atoms with Gasteiger partial charge < -0.3 is 5.73 Å². The summed E-state index contributed by atoms with van der Waals surface area (Å²) in [6.07, 6.45) is 2.93. The molecule has 1 aromatic rings. The lowest BCUT2D eigenvalue weighted by Crippen LogP contribution is -2.24. The summed E-state index contributed by atoms with van der Waals surface area (Å²) in [6.45, 7) is 1.88. The first kappa shape index (κ1) is 13.6. The average molecular weight is 256 g/mol. The van der Waals surface area contributed by atoms with E-state index in [0.29, 0.717) is 5.69 Å². The quantitative estimate of drug-likeness (QED) is 0.825. The molecule has 0 fully saturated rings. The van der Waals surface area contributed by atoms with Gasteiger partial charge in [0.1, 0.15) is 9.84 Å². The summed E-state index contributed by atoms with van der Waals surface area (Å²) in [5.74, 6) is -1.27. The molecule has 6 heteroatoms. The topological polar surface area (TPSA) is 90.1 Å². The molecule has 5 nitrogen and oxygen atoms in total. The van der Waals surface area contributed by atoms with Crippen molar-refractivity contribution in [2.24, 2.45) is 5.73 Å². The second kappa shape index (κ2) is 5.27. The molecule has 0 aromatic carbocycles. The number of nitrogens with zero attached hydrogens (tertiary/aromatic N) is 1. The summed E-state index contributed by atoms with van der Waals surface area (Å²) in [6, 6.07) is 3.52. The minimum Gasteiger partial charge on any atom is -0.369 e. The lowest BCUT2D eigenvalue weighted by molar-refractivity contribution is -0.119. The van der Waals surface area contributed by atoms with E-state index in [4.69, 9.17) is 5.73 Å². The molecule has 0 saturated carbocycles. The number of hydrogen-bond acceptors (Lipinski definition) is 4. The predicted molar refractivity (Wildman–Crippen MR) is 65.2 cm³/mol. The van der Waals surface area contributed by atoms with Crippen LogP contribution in [-0.2, 0) is 14.6 Å². The second-order valence-corrected chi connectivity index (χ2v) is 6.39. The zero-order valence-corrected chi connectivity index (χ0v) is 10.7. The first-order valence-corrected chi connectivity index (χ1v) is 7.25. The molecule has 2 N–H and O–H groups in total. The zero-order chi connectivity index (χ0) is 13.1. The second-order valence-electron chi connectivity index (χ2n) is 4.13. The highest BCUT2D eigenvalue weighted by Crippen LogP contribution is 2.18. The highest BCUT2D eigenvalue weighted by Gasteiger charge is 2.20. The van der Waals surface area contributed by atoms with E-state index in [1.165, 1.54) is 0 Å². The Morgan fingerprint density at radius 2 is 2.12 bits per heavy atom. The van der Waals surface area contributed by atoms with Gasteiger partial charge in [-0.3, -0.25) is 9.78 Å². The van der Waals surface area contributed by atoms with E-state index in [-0.39, 0.29) is 12.2 Å². The number of aryl methyl sites for hydroxylation is 1. The number of pyridine rings is 1. The third kappa shape index (κ3) is 4.52. The minimum atomic E-state index is -3.10. The van der Waals surface area contributed by atoms with Gasteiger partial charge in [-0.15, -0.1) is 0 Å². The van der Waals surface area contributed by atoms with Gasteiger partial charge in [-0.05, 0) is 25.0 Å². The van der Waals surface area contributed by atoms with Gasteiger partial charge in [0.15, 0.2) is 0 Å². The predicted octanol–water partition coefficient (Wildman–Crippen LogP) is 0.394. The van der Waals surface area contributed by atoms with Crippen LogP contribution in [0, 0.1) is 6.92 Å². The van der Waals surface area contributed by atoms with Gasteiger partial charge in [0, 0.05) is 12.5 Å². The maximum atomic E-state index is 11.3. The van der Waals surface area contributed by atoms with Crippen molar-refractivity contribution in [3.63, 3.8) is 0 Å². The Morgan fingerprint density at radius 1 is 1.47 bits per heavy atom. The van der Waals surface area contributed by atoms with Crippen LogP contribution in [0.2, 0.25) is 0 Å². The Labute approximate surface area is 101 Å². The fourth-order valence-electron chi connectivity index (χ4n) is 1.45. The Hall–Kier alpha value is -1.43. The molecular weight excluding hydrogens is 240 g/mol. The maximum absolute atomic E-state index is 11.3. The van der Waals surface area contributed by atoms with Crippen molar-refractivity contribution in [2.45, 2.75) is 19.3 Å². The van der Waals surface area contributed by atoms with Crippen LogP contribution in [0.4, 0.5) is 0 Å². The summed E-state index contributed by atoms with van der Waals surface area (Å²) < 4.78 is 22.1. The number of carbonyl (C=O) groups is 1. The number of hydrogen-bond donors (Lipinski definition) is 1. The first-order valence-electron chi connectivity index (χ1n) is 5.19. The van der Waals surface area contributed by atoms with E-state index in [1.54, 1.807) is 12.3 Å². The first-order chi connectivity index (χ1) is 7.79. The van der Waals surface area contributed by atoms with Crippen LogP contribution in [0.1, 0.15) is 23.6 Å². The molecular formula is C11H16N2O3S. The van der Waals surface area contributed by atoms with Gasteiger partial charge in [0.25, 0.3) is 0 Å². The summed E-state index contributed by atoms with van der Waals surface area (Å²) in [7, 11) is -3.10. The summed E-state index contributed by atoms with van der Waals surface area (Å²) in [4.78, 5) is 15.4. The molecule has 0 radical (unpaired) electrons. The molecule has 1 heterocycles. The molecule has 0 aliphatic heterocycles. The van der Waals surface area contributed by atoms with Crippen LogP contribution in [-0.4, -0.2) is 31.3 Å². The molecule has 0 bridgehead atoms. The number of nitrogens with two attached hydrogens (primary N) is 1. The van der Waals surface area contributed by atoms with E-state index in [1.807, 2.05) is 13.0 Å². The molecule has 0 aliphatic rings. The van der Waals surface area contributed by atoms with Crippen LogP contribution >= 0.6 is 0 Å². The SMILES string of the molecule is Cc1ccc(C(CCS(C)(=O)=O)C(N)=O)nc1. The van der Waals surface area contributed by atoms with Gasteiger partial charge in [-0.1, -0.05) is 6.07 Å². The van der Waals surface area contributed by atoms with Crippen molar-refractivity contribution in [3.8, 4) is 0 Å². The molecule has 0 aliphatic carbocycles. The largest absolute Gasteiger partial charge is 0.369 e. The van der Waals surface area contributed by atoms with Crippen LogP contribution < -0.4 is 5.73 Å². The van der Waals surface area contributed by atoms with Gasteiger partial charge in [-0.2, -0.15) is 0 Å². The molecule has 0 saturated heterocycles. The lowest BCUT2D eigenvalue weighted by Gasteiger charge is -2.12. The monoisotopic (exact) mass is 256 g/mol. The summed E-state index contributed by atoms with van der Waals surface area (Å²) >= 11 is 0. The van der Waals surface area contributed by atoms with E-state index in [9.17, 15) is 13.2 Å². The van der Waals surface area contributed by atoms with Gasteiger partial charge in [0.05, 0.1) is 17.4 Å². The Morgan fingerprint density at radius 3 is 2.53 bits per heavy atom. The smallest absolute Gasteiger partial charge is 0.226 e. The fourth-order valence-corrected chi connectivity index (χ4v) is 2.12. The highest BCUT2D eigenvalue weighted by atomic mass is 32.2. The van der Waals surface area contributed by atoms with Crippen LogP contribution in [0.25, 0.3) is 0 Å². The van der Waals surface area contributed by atoms with Crippen molar-refractivity contribution >= 4 is 15.7 Å². The van der Waals surface area contributed by atoms with Crippen molar-refractivity contribution in [2.75, 3.05) is 12.0 Å². The fraction of sp³-hybridized carbons (Fsp3) is 0.455. The lowest BCUT2D eigenvalue weighted by atomic mass is 10.0. The highest BCUT2D eigenvalue weighted by molar-refractivity contribution is 7.90. The minimum absolute atomic E-state index is 0.0733. The Balaban J connectivity index is 2.87. The third-order valence-corrected chi connectivity index (χ3v) is 3.39. The zero-order valence-electron chi connectivity index (χ0n) is 9.88. The molecule has 1 amide bonds. The van der Waals surface area contributed by atoms with Gasteiger partial charge >= 0.3 is 0 Å². The van der Waals surface area contributed by atoms with E-state index < -0.39 is 21.7 Å². The third-order valence-electron chi connectivity index (χ3n) is 2.41. The van der Waals surface area contributed by atoms with E-state index >= 15 is 0 Å². The standard InChI is InChI=1S/C11H16N2O3S/c1-8-3-4-10(13-7-8)9(11(12)14)5-6-17(2,15)16/h3-4,7,9H,5-6H2,1-2H3,(H2,12,14). The van der Waals surface area contributed by atoms with E-state index in [0.717, 1.165) is 11.8 Å². The normalized spacial score (nSPS) is 13.3. The molecule has 1 aromatic heterocycles. The molecule has 1 unspecified atom stereocenters. The number of amides is 1. The number of sulfone groups is 1. The van der Waals surface area contributed by atoms with Crippen molar-refractivity contribution in [1.82, 2.24) is 4.98 Å². The van der Waals surface area contributed by atoms with Crippen molar-refractivity contribution < 1.29 is 13.2 Å². The summed E-state index contributed by atoms with van der Waals surface area (Å²) in [5.41, 5.74) is 6.75. The maximum Gasteiger partial charge on any atom is 0.226 e. The molecule has 0 spiro atoms. The van der Waals surface area contributed by atoms with Crippen LogP contribution in [0.15, 0.2) is 18.3 Å². The molecule has 94 valence electrons. The Kier molecular flexibility index (Phi) is 4.22. The van der Waals surface area contributed by atoms with E-state index in [2.05, 4.69) is 4.98 Å². The number of rotatable bonds is 5. The Bertz CT molecular complexity index is 494. The molecule has 1 rings (SSSR count). The van der Waals surface area contributed by atoms with Crippen LogP contribution in [0.5, 0.6) is 0 Å².